The Kier molecular flexibility index (Phi) is 4.85. The lowest BCUT2D eigenvalue weighted by molar-refractivity contribution is -0.121. The van der Waals surface area contributed by atoms with Crippen molar-refractivity contribution in [2.75, 3.05) is 18.6 Å². The van der Waals surface area contributed by atoms with Gasteiger partial charge in [0.1, 0.15) is 12.1 Å². The molecule has 0 fully saturated rings. The maximum atomic E-state index is 11.4. The summed E-state index contributed by atoms with van der Waals surface area (Å²) < 4.78 is 0. The fraction of sp³-hybridized carbons (Fsp3) is 0.333. The van der Waals surface area contributed by atoms with Crippen LogP contribution in [-0.2, 0) is 4.79 Å². The average Bonchev–Trinajstić information content (AvgIpc) is 2.37. The highest BCUT2D eigenvalue weighted by molar-refractivity contribution is 7.98. The minimum atomic E-state index is -0.371. The van der Waals surface area contributed by atoms with Gasteiger partial charge in [0.15, 0.2) is 0 Å². The first-order valence-electron chi connectivity index (χ1n) is 5.19. The molecule has 0 aliphatic heterocycles. The van der Waals surface area contributed by atoms with Gasteiger partial charge < -0.3 is 10.6 Å². The van der Waals surface area contributed by atoms with Crippen LogP contribution in [0.5, 0.6) is 0 Å². The summed E-state index contributed by atoms with van der Waals surface area (Å²) >= 11 is 1.51. The Morgan fingerprint density at radius 3 is 2.76 bits per heavy atom. The van der Waals surface area contributed by atoms with Crippen molar-refractivity contribution >= 4 is 23.4 Å². The number of amides is 1. The Balaban J connectivity index is 2.99. The number of hydrogen-bond donors (Lipinski definition) is 2. The smallest absolute Gasteiger partial charge is 0.241 e. The summed E-state index contributed by atoms with van der Waals surface area (Å²) in [6.07, 6.45) is 1.92. The second-order valence-electron chi connectivity index (χ2n) is 3.47. The minimum absolute atomic E-state index is 0.108. The van der Waals surface area contributed by atoms with E-state index in [0.29, 0.717) is 11.3 Å². The molecule has 5 heteroatoms. The average molecular weight is 249 g/mol. The largest absolute Gasteiger partial charge is 0.373 e. The number of likely N-dealkylation sites (N-methyl/N-ethyl adjacent to an activating group) is 1. The van der Waals surface area contributed by atoms with Crippen molar-refractivity contribution in [3.63, 3.8) is 0 Å². The first-order valence-corrected chi connectivity index (χ1v) is 6.41. The molecule has 0 bridgehead atoms. The molecule has 17 heavy (non-hydrogen) atoms. The molecule has 0 aliphatic rings. The highest BCUT2D eigenvalue weighted by Crippen LogP contribution is 2.26. The topological polar surface area (TPSA) is 64.9 Å². The van der Waals surface area contributed by atoms with Crippen molar-refractivity contribution in [1.82, 2.24) is 5.32 Å². The Labute approximate surface area is 105 Å². The lowest BCUT2D eigenvalue weighted by atomic mass is 10.1. The summed E-state index contributed by atoms with van der Waals surface area (Å²) in [6, 6.07) is 7.35. The molecule has 1 aromatic rings. The van der Waals surface area contributed by atoms with Crippen molar-refractivity contribution in [1.29, 1.82) is 5.26 Å². The van der Waals surface area contributed by atoms with Crippen molar-refractivity contribution in [2.24, 2.45) is 0 Å². The van der Waals surface area contributed by atoms with Crippen LogP contribution in [0.1, 0.15) is 12.5 Å². The molecule has 1 unspecified atom stereocenters. The van der Waals surface area contributed by atoms with Gasteiger partial charge in [0.25, 0.3) is 0 Å². The normalized spacial score (nSPS) is 11.4. The number of hydrogen-bond acceptors (Lipinski definition) is 4. The molecule has 1 atom stereocenters. The molecule has 1 amide bonds. The fourth-order valence-electron chi connectivity index (χ4n) is 1.45. The van der Waals surface area contributed by atoms with Gasteiger partial charge in [0.05, 0.1) is 11.3 Å². The first kappa shape index (κ1) is 13.4. The van der Waals surface area contributed by atoms with Crippen molar-refractivity contribution in [2.45, 2.75) is 17.9 Å². The molecule has 4 nitrogen and oxygen atoms in total. The second kappa shape index (κ2) is 6.16. The van der Waals surface area contributed by atoms with E-state index in [1.54, 1.807) is 20.0 Å². The Hall–Kier alpha value is -1.67. The van der Waals surface area contributed by atoms with Crippen LogP contribution in [0.4, 0.5) is 5.69 Å². The predicted octanol–water partition coefficient (Wildman–Crippen LogP) is 1.83. The van der Waals surface area contributed by atoms with Crippen LogP contribution in [0.25, 0.3) is 0 Å². The first-order chi connectivity index (χ1) is 8.13. The van der Waals surface area contributed by atoms with E-state index in [1.807, 2.05) is 18.4 Å². The predicted molar refractivity (Wildman–Crippen MR) is 70.1 cm³/mol. The van der Waals surface area contributed by atoms with Crippen LogP contribution in [0.15, 0.2) is 23.1 Å². The number of anilines is 1. The van der Waals surface area contributed by atoms with Crippen LogP contribution in [-0.4, -0.2) is 25.3 Å². The van der Waals surface area contributed by atoms with E-state index < -0.39 is 0 Å². The Morgan fingerprint density at radius 2 is 2.24 bits per heavy atom. The summed E-state index contributed by atoms with van der Waals surface area (Å²) in [5.74, 6) is -0.108. The SMILES string of the molecule is CNC(=O)C(C)Nc1cccc(SC)c1C#N. The van der Waals surface area contributed by atoms with Gasteiger partial charge >= 0.3 is 0 Å². The highest BCUT2D eigenvalue weighted by Gasteiger charge is 2.14. The molecule has 90 valence electrons. The molecule has 0 aliphatic carbocycles. The van der Waals surface area contributed by atoms with Crippen LogP contribution in [0.2, 0.25) is 0 Å². The highest BCUT2D eigenvalue weighted by atomic mass is 32.2. The van der Waals surface area contributed by atoms with Crippen molar-refractivity contribution < 1.29 is 4.79 Å². The van der Waals surface area contributed by atoms with E-state index in [-0.39, 0.29) is 11.9 Å². The summed E-state index contributed by atoms with van der Waals surface area (Å²) in [6.45, 7) is 1.76. The zero-order valence-electron chi connectivity index (χ0n) is 10.1. The molecular weight excluding hydrogens is 234 g/mol. The van der Waals surface area contributed by atoms with E-state index in [2.05, 4.69) is 16.7 Å². The zero-order valence-corrected chi connectivity index (χ0v) is 10.9. The molecule has 0 heterocycles. The van der Waals surface area contributed by atoms with Crippen LogP contribution < -0.4 is 10.6 Å². The lowest BCUT2D eigenvalue weighted by Crippen LogP contribution is -2.35. The quantitative estimate of drug-likeness (QED) is 0.799. The van der Waals surface area contributed by atoms with E-state index in [0.717, 1.165) is 4.90 Å². The van der Waals surface area contributed by atoms with E-state index in [1.165, 1.54) is 11.8 Å². The number of nitrogens with zero attached hydrogens (tertiary/aromatic N) is 1. The lowest BCUT2D eigenvalue weighted by Gasteiger charge is -2.15. The molecule has 0 radical (unpaired) electrons. The zero-order chi connectivity index (χ0) is 12.8. The number of rotatable bonds is 4. The molecule has 0 saturated heterocycles. The number of carbonyl (C=O) groups excluding carboxylic acids is 1. The van der Waals surface area contributed by atoms with E-state index >= 15 is 0 Å². The standard InChI is InChI=1S/C12H15N3OS/c1-8(12(16)14-2)15-10-5-4-6-11(17-3)9(10)7-13/h4-6,8,15H,1-3H3,(H,14,16). The fourth-order valence-corrected chi connectivity index (χ4v) is 2.03. The maximum absolute atomic E-state index is 11.4. The Morgan fingerprint density at radius 1 is 1.53 bits per heavy atom. The third-order valence-electron chi connectivity index (χ3n) is 2.37. The van der Waals surface area contributed by atoms with Gasteiger partial charge in [-0.15, -0.1) is 11.8 Å². The molecule has 0 aromatic heterocycles. The molecule has 0 spiro atoms. The summed E-state index contributed by atoms with van der Waals surface area (Å²) in [5, 5.41) is 14.7. The van der Waals surface area contributed by atoms with Gasteiger partial charge in [0, 0.05) is 11.9 Å². The van der Waals surface area contributed by atoms with Crippen molar-refractivity contribution in [3.8, 4) is 6.07 Å². The van der Waals surface area contributed by atoms with Gasteiger partial charge in [-0.25, -0.2) is 0 Å². The number of nitrogens with one attached hydrogen (secondary N) is 2. The summed E-state index contributed by atoms with van der Waals surface area (Å²) in [5.41, 5.74) is 1.27. The van der Waals surface area contributed by atoms with Crippen LogP contribution >= 0.6 is 11.8 Å². The van der Waals surface area contributed by atoms with Gasteiger partial charge in [-0.1, -0.05) is 6.07 Å². The maximum Gasteiger partial charge on any atom is 0.241 e. The van der Waals surface area contributed by atoms with Gasteiger partial charge in [-0.05, 0) is 25.3 Å². The van der Waals surface area contributed by atoms with Crippen LogP contribution in [0.3, 0.4) is 0 Å². The van der Waals surface area contributed by atoms with E-state index in [9.17, 15) is 4.79 Å². The number of benzene rings is 1. The van der Waals surface area contributed by atoms with Gasteiger partial charge in [-0.3, -0.25) is 4.79 Å². The monoisotopic (exact) mass is 249 g/mol. The molecule has 1 aromatic carbocycles. The molecule has 0 saturated carbocycles. The van der Waals surface area contributed by atoms with Gasteiger partial charge in [-0.2, -0.15) is 5.26 Å². The number of thioether (sulfide) groups is 1. The number of carbonyl (C=O) groups is 1. The molecule has 2 N–H and O–H groups in total. The molecular formula is C12H15N3OS. The van der Waals surface area contributed by atoms with E-state index in [4.69, 9.17) is 5.26 Å². The third-order valence-corrected chi connectivity index (χ3v) is 3.15. The second-order valence-corrected chi connectivity index (χ2v) is 4.32. The molecule has 1 rings (SSSR count). The summed E-state index contributed by atoms with van der Waals surface area (Å²) in [7, 11) is 1.59. The Bertz CT molecular complexity index is 454. The van der Waals surface area contributed by atoms with Gasteiger partial charge in [0.2, 0.25) is 5.91 Å². The third kappa shape index (κ3) is 3.14. The summed E-state index contributed by atoms with van der Waals surface area (Å²) in [4.78, 5) is 12.3. The van der Waals surface area contributed by atoms with Crippen molar-refractivity contribution in [3.05, 3.63) is 23.8 Å². The minimum Gasteiger partial charge on any atom is -0.373 e. The number of nitriles is 1. The van der Waals surface area contributed by atoms with Crippen LogP contribution in [0, 0.1) is 11.3 Å².